The molecule has 0 spiro atoms. The molecule has 29 heavy (non-hydrogen) atoms. The fourth-order valence-corrected chi connectivity index (χ4v) is 4.13. The number of benzene rings is 2. The van der Waals surface area contributed by atoms with Crippen LogP contribution in [0.5, 0.6) is 0 Å². The highest BCUT2D eigenvalue weighted by molar-refractivity contribution is 8.01. The first-order chi connectivity index (χ1) is 13.9. The van der Waals surface area contributed by atoms with Crippen molar-refractivity contribution in [3.05, 3.63) is 59.2 Å². The Morgan fingerprint density at radius 2 is 1.72 bits per heavy atom. The fourth-order valence-electron chi connectivity index (χ4n) is 2.46. The summed E-state index contributed by atoms with van der Waals surface area (Å²) in [6.07, 6.45) is 0.416. The van der Waals surface area contributed by atoms with Gasteiger partial charge in [-0.2, -0.15) is 0 Å². The number of aryl methyl sites for hydroxylation is 2. The first kappa shape index (κ1) is 21.0. The van der Waals surface area contributed by atoms with E-state index in [1.165, 1.54) is 34.2 Å². The quantitative estimate of drug-likeness (QED) is 0.379. The van der Waals surface area contributed by atoms with E-state index < -0.39 is 0 Å². The lowest BCUT2D eigenvalue weighted by Gasteiger charge is -2.05. The Hall–Kier alpha value is -2.71. The number of hydrogen-bond acceptors (Lipinski definition) is 7. The minimum absolute atomic E-state index is 0.00207. The predicted octanol–water partition coefficient (Wildman–Crippen LogP) is 5.22. The number of rotatable bonds is 8. The molecule has 0 unspecified atom stereocenters. The Bertz CT molecular complexity index is 1020. The van der Waals surface area contributed by atoms with E-state index in [0.717, 1.165) is 10.0 Å². The smallest absolute Gasteiger partial charge is 0.224 e. The average Bonchev–Trinajstić information content (AvgIpc) is 3.16. The maximum atomic E-state index is 12.4. The Balaban J connectivity index is 1.54. The molecule has 0 atom stereocenters. The molecule has 0 aliphatic heterocycles. The summed E-state index contributed by atoms with van der Waals surface area (Å²) in [7, 11) is 0. The molecular formula is C21H22N4O2S2. The van der Waals surface area contributed by atoms with Gasteiger partial charge in [0, 0.05) is 23.4 Å². The molecule has 1 aromatic heterocycles. The van der Waals surface area contributed by atoms with Crippen LogP contribution < -0.4 is 10.6 Å². The van der Waals surface area contributed by atoms with Gasteiger partial charge < -0.3 is 10.6 Å². The van der Waals surface area contributed by atoms with E-state index in [2.05, 4.69) is 46.8 Å². The number of carbonyl (C=O) groups is 2. The Kier molecular flexibility index (Phi) is 7.00. The van der Waals surface area contributed by atoms with E-state index in [-0.39, 0.29) is 17.4 Å². The summed E-state index contributed by atoms with van der Waals surface area (Å²) in [5.74, 6) is 0.224. The summed E-state index contributed by atoms with van der Waals surface area (Å²) in [6.45, 7) is 5.93. The third-order valence-electron chi connectivity index (χ3n) is 4.30. The molecule has 2 aromatic carbocycles. The van der Waals surface area contributed by atoms with Crippen molar-refractivity contribution < 1.29 is 9.59 Å². The standard InChI is InChI=1S/C21H22N4O2S2/c1-4-19(27)22-16-9-6-15(7-10-16)18(26)12-28-21-25-24-20(29-21)23-17-8-5-13(2)14(3)11-17/h5-11H,4,12H2,1-3H3,(H,22,27)(H,23,24). The van der Waals surface area contributed by atoms with Crippen LogP contribution in [0.25, 0.3) is 0 Å². The normalized spacial score (nSPS) is 10.6. The zero-order valence-corrected chi connectivity index (χ0v) is 18.1. The molecule has 0 aliphatic carbocycles. The third-order valence-corrected chi connectivity index (χ3v) is 6.28. The van der Waals surface area contributed by atoms with Crippen molar-refractivity contribution >= 4 is 51.3 Å². The van der Waals surface area contributed by atoms with E-state index in [4.69, 9.17) is 0 Å². The van der Waals surface area contributed by atoms with Gasteiger partial charge >= 0.3 is 0 Å². The van der Waals surface area contributed by atoms with Crippen LogP contribution in [0.2, 0.25) is 0 Å². The number of hydrogen-bond donors (Lipinski definition) is 2. The van der Waals surface area contributed by atoms with Crippen LogP contribution in [-0.2, 0) is 4.79 Å². The van der Waals surface area contributed by atoms with Gasteiger partial charge in [-0.15, -0.1) is 10.2 Å². The van der Waals surface area contributed by atoms with Crippen LogP contribution in [0.1, 0.15) is 34.8 Å². The van der Waals surface area contributed by atoms with E-state index in [1.54, 1.807) is 31.2 Å². The van der Waals surface area contributed by atoms with Crippen molar-refractivity contribution in [3.8, 4) is 0 Å². The van der Waals surface area contributed by atoms with E-state index in [1.807, 2.05) is 6.07 Å². The molecule has 8 heteroatoms. The van der Waals surface area contributed by atoms with Crippen molar-refractivity contribution in [2.45, 2.75) is 31.5 Å². The van der Waals surface area contributed by atoms with Gasteiger partial charge in [-0.1, -0.05) is 36.1 Å². The number of carbonyl (C=O) groups excluding carboxylic acids is 2. The lowest BCUT2D eigenvalue weighted by atomic mass is 10.1. The Morgan fingerprint density at radius 1 is 1.00 bits per heavy atom. The van der Waals surface area contributed by atoms with Crippen LogP contribution in [0, 0.1) is 13.8 Å². The number of amides is 1. The van der Waals surface area contributed by atoms with Gasteiger partial charge in [-0.05, 0) is 61.4 Å². The number of aromatic nitrogens is 2. The summed E-state index contributed by atoms with van der Waals surface area (Å²) in [6, 6.07) is 13.1. The Labute approximate surface area is 178 Å². The first-order valence-corrected chi connectivity index (χ1v) is 11.0. The zero-order chi connectivity index (χ0) is 20.8. The highest BCUT2D eigenvalue weighted by Crippen LogP contribution is 2.28. The van der Waals surface area contributed by atoms with E-state index in [0.29, 0.717) is 22.8 Å². The summed E-state index contributed by atoms with van der Waals surface area (Å²) in [4.78, 5) is 23.8. The molecule has 3 aromatic rings. The lowest BCUT2D eigenvalue weighted by molar-refractivity contribution is -0.115. The minimum Gasteiger partial charge on any atom is -0.330 e. The topological polar surface area (TPSA) is 84.0 Å². The number of nitrogens with one attached hydrogen (secondary N) is 2. The number of thioether (sulfide) groups is 1. The molecule has 0 saturated heterocycles. The van der Waals surface area contributed by atoms with Crippen molar-refractivity contribution in [1.82, 2.24) is 10.2 Å². The monoisotopic (exact) mass is 426 g/mol. The fraction of sp³-hybridized carbons (Fsp3) is 0.238. The van der Waals surface area contributed by atoms with Crippen LogP contribution in [0.3, 0.4) is 0 Å². The number of Topliss-reactive ketones (excluding diaryl/α,β-unsaturated/α-hetero) is 1. The summed E-state index contributed by atoms with van der Waals surface area (Å²) < 4.78 is 0.733. The van der Waals surface area contributed by atoms with Gasteiger partial charge in [-0.3, -0.25) is 9.59 Å². The second-order valence-corrected chi connectivity index (χ2v) is 8.69. The number of anilines is 3. The number of ketones is 1. The van der Waals surface area contributed by atoms with Crippen molar-refractivity contribution in [3.63, 3.8) is 0 Å². The van der Waals surface area contributed by atoms with Crippen LogP contribution >= 0.6 is 23.1 Å². The second-order valence-electron chi connectivity index (χ2n) is 6.49. The summed E-state index contributed by atoms with van der Waals surface area (Å²) in [5.41, 5.74) is 4.70. The molecule has 2 N–H and O–H groups in total. The summed E-state index contributed by atoms with van der Waals surface area (Å²) in [5, 5.41) is 15.0. The molecule has 0 saturated carbocycles. The molecule has 6 nitrogen and oxygen atoms in total. The lowest BCUT2D eigenvalue weighted by Crippen LogP contribution is -2.09. The average molecular weight is 427 g/mol. The van der Waals surface area contributed by atoms with Crippen LogP contribution in [0.15, 0.2) is 46.8 Å². The summed E-state index contributed by atoms with van der Waals surface area (Å²) >= 11 is 2.78. The predicted molar refractivity (Wildman–Crippen MR) is 120 cm³/mol. The van der Waals surface area contributed by atoms with Crippen molar-refractivity contribution in [2.24, 2.45) is 0 Å². The molecule has 1 heterocycles. The van der Waals surface area contributed by atoms with Crippen LogP contribution in [0.4, 0.5) is 16.5 Å². The molecule has 1 amide bonds. The first-order valence-electron chi connectivity index (χ1n) is 9.18. The molecule has 3 rings (SSSR count). The van der Waals surface area contributed by atoms with Gasteiger partial charge in [0.2, 0.25) is 11.0 Å². The van der Waals surface area contributed by atoms with E-state index in [9.17, 15) is 9.59 Å². The van der Waals surface area contributed by atoms with Crippen LogP contribution in [-0.4, -0.2) is 27.6 Å². The van der Waals surface area contributed by atoms with Gasteiger partial charge in [0.1, 0.15) is 0 Å². The van der Waals surface area contributed by atoms with Gasteiger partial charge in [0.05, 0.1) is 5.75 Å². The van der Waals surface area contributed by atoms with E-state index >= 15 is 0 Å². The third kappa shape index (κ3) is 5.88. The Morgan fingerprint density at radius 3 is 2.41 bits per heavy atom. The zero-order valence-electron chi connectivity index (χ0n) is 16.5. The molecular weight excluding hydrogens is 404 g/mol. The molecule has 0 bridgehead atoms. The number of nitrogens with zero attached hydrogens (tertiary/aromatic N) is 2. The van der Waals surface area contributed by atoms with Crippen molar-refractivity contribution in [2.75, 3.05) is 16.4 Å². The van der Waals surface area contributed by atoms with Gasteiger partial charge in [0.15, 0.2) is 10.1 Å². The largest absolute Gasteiger partial charge is 0.330 e. The second kappa shape index (κ2) is 9.67. The van der Waals surface area contributed by atoms with Gasteiger partial charge in [-0.25, -0.2) is 0 Å². The molecule has 0 fully saturated rings. The SMILES string of the molecule is CCC(=O)Nc1ccc(C(=O)CSc2nnc(Nc3ccc(C)c(C)c3)s2)cc1. The van der Waals surface area contributed by atoms with Crippen molar-refractivity contribution in [1.29, 1.82) is 0 Å². The maximum absolute atomic E-state index is 12.4. The maximum Gasteiger partial charge on any atom is 0.224 e. The highest BCUT2D eigenvalue weighted by atomic mass is 32.2. The van der Waals surface area contributed by atoms with Gasteiger partial charge in [0.25, 0.3) is 0 Å². The highest BCUT2D eigenvalue weighted by Gasteiger charge is 2.11. The minimum atomic E-state index is -0.0545. The molecule has 0 radical (unpaired) electrons. The molecule has 150 valence electrons. The molecule has 0 aliphatic rings.